The predicted octanol–water partition coefficient (Wildman–Crippen LogP) is 4.75. The van der Waals surface area contributed by atoms with E-state index in [9.17, 15) is 18.0 Å². The number of halogens is 3. The van der Waals surface area contributed by atoms with Crippen LogP contribution in [-0.4, -0.2) is 22.2 Å². The van der Waals surface area contributed by atoms with Crippen LogP contribution in [0.2, 0.25) is 0 Å². The van der Waals surface area contributed by atoms with Crippen molar-refractivity contribution in [2.75, 3.05) is 5.32 Å². The zero-order chi connectivity index (χ0) is 21.1. The van der Waals surface area contributed by atoms with E-state index in [4.69, 9.17) is 0 Å². The molecule has 0 saturated heterocycles. The highest BCUT2D eigenvalue weighted by Gasteiger charge is 2.31. The molecule has 2 heterocycles. The van der Waals surface area contributed by atoms with Gasteiger partial charge in [0, 0.05) is 43.3 Å². The van der Waals surface area contributed by atoms with Crippen LogP contribution < -0.4 is 10.1 Å². The molecule has 0 radical (unpaired) electrons. The second-order valence-electron chi connectivity index (χ2n) is 6.93. The topological polar surface area (TPSA) is 54.5 Å². The van der Waals surface area contributed by atoms with E-state index in [1.165, 1.54) is 24.3 Å². The lowest BCUT2D eigenvalue weighted by atomic mass is 10.1. The van der Waals surface area contributed by atoms with E-state index < -0.39 is 6.36 Å². The van der Waals surface area contributed by atoms with E-state index in [2.05, 4.69) is 15.0 Å². The Kier molecular flexibility index (Phi) is 5.31. The molecule has 1 N–H and O–H groups in total. The van der Waals surface area contributed by atoms with Crippen LogP contribution in [-0.2, 0) is 19.6 Å². The Morgan fingerprint density at radius 3 is 2.43 bits per heavy atom. The Labute approximate surface area is 171 Å². The van der Waals surface area contributed by atoms with Crippen molar-refractivity contribution in [2.45, 2.75) is 26.0 Å². The first-order chi connectivity index (χ1) is 14.4. The van der Waals surface area contributed by atoms with Crippen LogP contribution in [0.5, 0.6) is 5.75 Å². The number of aromatic nitrogens is 1. The van der Waals surface area contributed by atoms with Crippen molar-refractivity contribution in [1.29, 1.82) is 0 Å². The van der Waals surface area contributed by atoms with E-state index in [1.54, 1.807) is 23.4 Å². The van der Waals surface area contributed by atoms with Crippen LogP contribution in [0, 0.1) is 0 Å². The largest absolute Gasteiger partial charge is 0.573 e. The minimum Gasteiger partial charge on any atom is -0.406 e. The molecule has 0 fully saturated rings. The third-order valence-electron chi connectivity index (χ3n) is 4.76. The maximum Gasteiger partial charge on any atom is 0.573 e. The van der Waals surface area contributed by atoms with Gasteiger partial charge in [-0.3, -0.25) is 9.78 Å². The highest BCUT2D eigenvalue weighted by Crippen LogP contribution is 2.28. The lowest BCUT2D eigenvalue weighted by molar-refractivity contribution is -0.274. The smallest absolute Gasteiger partial charge is 0.406 e. The average molecular weight is 413 g/mol. The van der Waals surface area contributed by atoms with E-state index in [-0.39, 0.29) is 11.7 Å². The van der Waals surface area contributed by atoms with Gasteiger partial charge >= 0.3 is 6.36 Å². The Hall–Kier alpha value is -3.55. The zero-order valence-electron chi connectivity index (χ0n) is 15.8. The lowest BCUT2D eigenvalue weighted by Crippen LogP contribution is -2.23. The second-order valence-corrected chi connectivity index (χ2v) is 6.93. The summed E-state index contributed by atoms with van der Waals surface area (Å²) < 4.78 is 40.7. The third-order valence-corrected chi connectivity index (χ3v) is 4.76. The van der Waals surface area contributed by atoms with Crippen molar-refractivity contribution in [1.82, 2.24) is 9.88 Å². The Morgan fingerprint density at radius 1 is 1.00 bits per heavy atom. The first-order valence-corrected chi connectivity index (χ1v) is 9.27. The number of amides is 1. The molecule has 2 aromatic carbocycles. The standard InChI is InChI=1S/C22H18F3N3O2/c23-22(24,25)30-19-4-1-16(2-5-19)13-28-14-17-11-18(3-6-20(17)21(28)29)27-12-15-7-9-26-10-8-15/h1-11,27H,12-14H2. The monoisotopic (exact) mass is 413 g/mol. The summed E-state index contributed by atoms with van der Waals surface area (Å²) in [6.45, 7) is 1.39. The van der Waals surface area contributed by atoms with Gasteiger partial charge in [0.05, 0.1) is 0 Å². The number of ether oxygens (including phenoxy) is 1. The number of carbonyl (C=O) groups excluding carboxylic acids is 1. The van der Waals surface area contributed by atoms with Gasteiger partial charge < -0.3 is 15.0 Å². The molecule has 1 aliphatic rings. The molecule has 8 heteroatoms. The Morgan fingerprint density at radius 2 is 1.73 bits per heavy atom. The van der Waals surface area contributed by atoms with Gasteiger partial charge in [0.2, 0.25) is 0 Å². The molecule has 0 aliphatic carbocycles. The molecular formula is C22H18F3N3O2. The first kappa shape index (κ1) is 19.8. The number of alkyl halides is 3. The number of fused-ring (bicyclic) bond motifs is 1. The lowest BCUT2D eigenvalue weighted by Gasteiger charge is -2.16. The number of hydrogen-bond acceptors (Lipinski definition) is 4. The summed E-state index contributed by atoms with van der Waals surface area (Å²) in [6.07, 6.45) is -1.26. The number of pyridine rings is 1. The Bertz CT molecular complexity index is 1040. The summed E-state index contributed by atoms with van der Waals surface area (Å²) in [5.41, 5.74) is 4.29. The molecule has 154 valence electrons. The summed E-state index contributed by atoms with van der Waals surface area (Å²) in [7, 11) is 0. The summed E-state index contributed by atoms with van der Waals surface area (Å²) in [5.74, 6) is -0.381. The molecule has 3 aromatic rings. The fraction of sp³-hybridized carbons (Fsp3) is 0.182. The van der Waals surface area contributed by atoms with Crippen molar-refractivity contribution in [3.05, 3.63) is 89.2 Å². The van der Waals surface area contributed by atoms with Gasteiger partial charge in [-0.2, -0.15) is 0 Å². The second kappa shape index (κ2) is 8.06. The molecule has 0 saturated carbocycles. The zero-order valence-corrected chi connectivity index (χ0v) is 15.8. The maximum atomic E-state index is 12.7. The van der Waals surface area contributed by atoms with Crippen molar-refractivity contribution in [2.24, 2.45) is 0 Å². The molecule has 1 amide bonds. The van der Waals surface area contributed by atoms with E-state index >= 15 is 0 Å². The average Bonchev–Trinajstić information content (AvgIpc) is 3.02. The van der Waals surface area contributed by atoms with Crippen LogP contribution in [0.4, 0.5) is 18.9 Å². The molecular weight excluding hydrogens is 395 g/mol. The highest BCUT2D eigenvalue weighted by atomic mass is 19.4. The van der Waals surface area contributed by atoms with Gasteiger partial charge in [-0.25, -0.2) is 0 Å². The third kappa shape index (κ3) is 4.71. The first-order valence-electron chi connectivity index (χ1n) is 9.27. The molecule has 0 atom stereocenters. The van der Waals surface area contributed by atoms with Crippen molar-refractivity contribution < 1.29 is 22.7 Å². The van der Waals surface area contributed by atoms with Crippen LogP contribution in [0.25, 0.3) is 0 Å². The number of benzene rings is 2. The van der Waals surface area contributed by atoms with Crippen molar-refractivity contribution in [3.63, 3.8) is 0 Å². The minimum atomic E-state index is -4.72. The van der Waals surface area contributed by atoms with Crippen LogP contribution in [0.3, 0.4) is 0 Å². The number of nitrogens with one attached hydrogen (secondary N) is 1. The molecule has 0 unspecified atom stereocenters. The molecule has 4 rings (SSSR count). The molecule has 0 spiro atoms. The van der Waals surface area contributed by atoms with Crippen molar-refractivity contribution in [3.8, 4) is 5.75 Å². The quantitative estimate of drug-likeness (QED) is 0.634. The van der Waals surface area contributed by atoms with Gasteiger partial charge in [-0.1, -0.05) is 12.1 Å². The Balaban J connectivity index is 1.39. The van der Waals surface area contributed by atoms with Crippen LogP contribution in [0.15, 0.2) is 67.0 Å². The number of carbonyl (C=O) groups is 1. The molecule has 30 heavy (non-hydrogen) atoms. The highest BCUT2D eigenvalue weighted by molar-refractivity contribution is 5.98. The number of nitrogens with zero attached hydrogens (tertiary/aromatic N) is 2. The fourth-order valence-corrected chi connectivity index (χ4v) is 3.34. The number of rotatable bonds is 6. The molecule has 1 aromatic heterocycles. The van der Waals surface area contributed by atoms with Crippen LogP contribution >= 0.6 is 0 Å². The normalized spacial score (nSPS) is 13.3. The van der Waals surface area contributed by atoms with Gasteiger partial charge in [-0.15, -0.1) is 13.2 Å². The van der Waals surface area contributed by atoms with E-state index in [0.29, 0.717) is 25.2 Å². The van der Waals surface area contributed by atoms with Gasteiger partial charge in [-0.05, 0) is 59.2 Å². The van der Waals surface area contributed by atoms with E-state index in [1.807, 2.05) is 24.3 Å². The summed E-state index contributed by atoms with van der Waals surface area (Å²) in [5, 5.41) is 3.33. The maximum absolute atomic E-state index is 12.7. The minimum absolute atomic E-state index is 0.0960. The summed E-state index contributed by atoms with van der Waals surface area (Å²) in [6, 6.07) is 15.0. The number of hydrogen-bond donors (Lipinski definition) is 1. The molecule has 1 aliphatic heterocycles. The SMILES string of the molecule is O=C1c2ccc(NCc3ccncc3)cc2CN1Cc1ccc(OC(F)(F)F)cc1. The van der Waals surface area contributed by atoms with Crippen LogP contribution in [0.1, 0.15) is 27.0 Å². The molecule has 5 nitrogen and oxygen atoms in total. The van der Waals surface area contributed by atoms with Crippen molar-refractivity contribution >= 4 is 11.6 Å². The predicted molar refractivity (Wildman–Crippen MR) is 105 cm³/mol. The fourth-order valence-electron chi connectivity index (χ4n) is 3.34. The summed E-state index contributed by atoms with van der Waals surface area (Å²) >= 11 is 0. The van der Waals surface area contributed by atoms with Gasteiger partial charge in [0.15, 0.2) is 0 Å². The van der Waals surface area contributed by atoms with Gasteiger partial charge in [0.25, 0.3) is 5.91 Å². The molecule has 0 bridgehead atoms. The summed E-state index contributed by atoms with van der Waals surface area (Å²) in [4.78, 5) is 18.3. The number of anilines is 1. The van der Waals surface area contributed by atoms with Gasteiger partial charge in [0.1, 0.15) is 5.75 Å². The van der Waals surface area contributed by atoms with E-state index in [0.717, 1.165) is 22.4 Å².